The summed E-state index contributed by atoms with van der Waals surface area (Å²) in [6.45, 7) is 1.02. The Morgan fingerprint density at radius 3 is 2.71 bits per heavy atom. The number of aromatic nitrogens is 3. The van der Waals surface area contributed by atoms with Gasteiger partial charge in [0.05, 0.1) is 12.0 Å². The molecule has 1 aromatic carbocycles. The van der Waals surface area contributed by atoms with Crippen molar-refractivity contribution < 1.29 is 24.9 Å². The van der Waals surface area contributed by atoms with Crippen LogP contribution >= 0.6 is 0 Å². The summed E-state index contributed by atoms with van der Waals surface area (Å²) >= 11 is 0. The van der Waals surface area contributed by atoms with Crippen LogP contribution in [0.3, 0.4) is 0 Å². The van der Waals surface area contributed by atoms with E-state index in [9.17, 15) is 20.1 Å². The van der Waals surface area contributed by atoms with E-state index in [0.29, 0.717) is 33.5 Å². The summed E-state index contributed by atoms with van der Waals surface area (Å²) in [5.41, 5.74) is 0.685. The molecule has 1 unspecified atom stereocenters. The highest BCUT2D eigenvalue weighted by atomic mass is 16.6. The minimum atomic E-state index is -1.66. The van der Waals surface area contributed by atoms with E-state index in [2.05, 4.69) is 15.3 Å². The first-order valence-corrected chi connectivity index (χ1v) is 8.86. The second-order valence-corrected chi connectivity index (χ2v) is 7.25. The molecule has 3 aromatic rings. The fraction of sp³-hybridized carbons (Fsp3) is 0.316. The van der Waals surface area contributed by atoms with Crippen LogP contribution in [-0.2, 0) is 4.74 Å². The van der Waals surface area contributed by atoms with Gasteiger partial charge in [-0.05, 0) is 18.6 Å². The number of fused-ring (bicyclic) bond motifs is 2. The lowest BCUT2D eigenvalue weighted by Gasteiger charge is -2.27. The largest absolute Gasteiger partial charge is 0.394 e. The first kappa shape index (κ1) is 17.3. The van der Waals surface area contributed by atoms with Crippen LogP contribution in [0.15, 0.2) is 36.8 Å². The number of amides is 1. The molecule has 0 aliphatic carbocycles. The molecule has 9 nitrogen and oxygen atoms in total. The molecule has 4 heterocycles. The minimum Gasteiger partial charge on any atom is -0.394 e. The fourth-order valence-electron chi connectivity index (χ4n) is 4.04. The van der Waals surface area contributed by atoms with Gasteiger partial charge in [0.15, 0.2) is 6.23 Å². The molecule has 0 radical (unpaired) electrons. The van der Waals surface area contributed by atoms with Crippen molar-refractivity contribution in [1.29, 1.82) is 0 Å². The van der Waals surface area contributed by atoms with Crippen molar-refractivity contribution in [2.24, 2.45) is 0 Å². The highest BCUT2D eigenvalue weighted by Crippen LogP contribution is 2.44. The molecule has 5 rings (SSSR count). The monoisotopic (exact) mass is 382 g/mol. The Bertz CT molecular complexity index is 1110. The zero-order valence-corrected chi connectivity index (χ0v) is 14.9. The Labute approximate surface area is 159 Å². The zero-order chi connectivity index (χ0) is 19.6. The Hall–Kier alpha value is -2.85. The molecule has 0 bridgehead atoms. The van der Waals surface area contributed by atoms with Crippen molar-refractivity contribution in [3.05, 3.63) is 42.4 Å². The maximum Gasteiger partial charge on any atom is 0.257 e. The summed E-state index contributed by atoms with van der Waals surface area (Å²) in [4.78, 5) is 21.1. The zero-order valence-electron chi connectivity index (χ0n) is 14.9. The van der Waals surface area contributed by atoms with Crippen LogP contribution in [0.4, 0.5) is 5.82 Å². The Morgan fingerprint density at radius 2 is 2.00 bits per heavy atom. The van der Waals surface area contributed by atoms with Gasteiger partial charge in [0.2, 0.25) is 0 Å². The van der Waals surface area contributed by atoms with Crippen molar-refractivity contribution in [2.75, 3.05) is 11.9 Å². The molecule has 0 saturated carbocycles. The van der Waals surface area contributed by atoms with Gasteiger partial charge < -0.3 is 29.9 Å². The Morgan fingerprint density at radius 1 is 1.25 bits per heavy atom. The van der Waals surface area contributed by atoms with Crippen LogP contribution in [0.5, 0.6) is 0 Å². The third kappa shape index (κ3) is 2.18. The molecule has 2 aliphatic heterocycles. The molecule has 144 valence electrons. The summed E-state index contributed by atoms with van der Waals surface area (Å²) in [6.07, 6.45) is -0.140. The second kappa shape index (κ2) is 5.82. The lowest BCUT2D eigenvalue weighted by atomic mass is 9.96. The normalized spacial score (nSPS) is 28.9. The lowest BCUT2D eigenvalue weighted by Crippen LogP contribution is -2.44. The molecule has 4 atom stereocenters. The predicted octanol–water partition coefficient (Wildman–Crippen LogP) is 0.666. The maximum absolute atomic E-state index is 12.6. The van der Waals surface area contributed by atoms with E-state index in [1.807, 2.05) is 12.1 Å². The van der Waals surface area contributed by atoms with E-state index in [-0.39, 0.29) is 5.91 Å². The van der Waals surface area contributed by atoms with E-state index in [4.69, 9.17) is 4.74 Å². The number of rotatable bonds is 2. The fourth-order valence-corrected chi connectivity index (χ4v) is 4.04. The van der Waals surface area contributed by atoms with E-state index < -0.39 is 30.6 Å². The molecule has 1 amide bonds. The smallest absolute Gasteiger partial charge is 0.257 e. The van der Waals surface area contributed by atoms with Crippen molar-refractivity contribution in [3.63, 3.8) is 0 Å². The van der Waals surface area contributed by atoms with Gasteiger partial charge in [0, 0.05) is 17.3 Å². The molecule has 9 heteroatoms. The van der Waals surface area contributed by atoms with Crippen molar-refractivity contribution >= 4 is 22.8 Å². The maximum atomic E-state index is 12.6. The van der Waals surface area contributed by atoms with Gasteiger partial charge in [-0.15, -0.1) is 0 Å². The van der Waals surface area contributed by atoms with Gasteiger partial charge in [0.1, 0.15) is 35.6 Å². The number of benzene rings is 1. The van der Waals surface area contributed by atoms with Crippen molar-refractivity contribution in [1.82, 2.24) is 14.5 Å². The summed E-state index contributed by atoms with van der Waals surface area (Å²) < 4.78 is 7.37. The third-order valence-electron chi connectivity index (χ3n) is 5.49. The molecule has 1 saturated heterocycles. The first-order chi connectivity index (χ1) is 13.4. The topological polar surface area (TPSA) is 130 Å². The number of nitrogens with one attached hydrogen (secondary N) is 1. The number of ether oxygens (including phenoxy) is 1. The quantitative estimate of drug-likeness (QED) is 0.512. The molecule has 2 aliphatic rings. The molecule has 2 aromatic heterocycles. The van der Waals surface area contributed by atoms with Gasteiger partial charge in [0.25, 0.3) is 5.91 Å². The summed E-state index contributed by atoms with van der Waals surface area (Å²) in [7, 11) is 0. The number of aliphatic hydroxyl groups is 3. The molecule has 28 heavy (non-hydrogen) atoms. The van der Waals surface area contributed by atoms with Crippen LogP contribution in [0.2, 0.25) is 0 Å². The summed E-state index contributed by atoms with van der Waals surface area (Å²) in [5.74, 6) is 0.0927. The van der Waals surface area contributed by atoms with Crippen LogP contribution in [0.1, 0.15) is 23.5 Å². The Kier molecular flexibility index (Phi) is 3.59. The molecular formula is C19H18N4O5. The first-order valence-electron chi connectivity index (χ1n) is 8.86. The second-order valence-electron chi connectivity index (χ2n) is 7.25. The summed E-state index contributed by atoms with van der Waals surface area (Å²) in [5, 5.41) is 34.1. The number of carbonyl (C=O) groups is 1. The van der Waals surface area contributed by atoms with Crippen LogP contribution in [-0.4, -0.2) is 60.2 Å². The van der Waals surface area contributed by atoms with Crippen molar-refractivity contribution in [3.8, 4) is 11.1 Å². The number of hydrogen-bond acceptors (Lipinski definition) is 7. The molecule has 0 spiro atoms. The van der Waals surface area contributed by atoms with E-state index in [1.165, 1.54) is 13.3 Å². The summed E-state index contributed by atoms with van der Waals surface area (Å²) in [6, 6.07) is 7.16. The third-order valence-corrected chi connectivity index (χ3v) is 5.49. The number of anilines is 1. The molecule has 1 fully saturated rings. The molecular weight excluding hydrogens is 364 g/mol. The van der Waals surface area contributed by atoms with Gasteiger partial charge in [-0.1, -0.05) is 18.2 Å². The SMILES string of the molecule is C[C@@]1(O)C(n2cc3c4c(ncnc42)NC(=O)c2ccccc2-3)O[C@H](CO)[C@H]1O. The Balaban J connectivity index is 1.78. The number of carbonyl (C=O) groups excluding carboxylic acids is 1. The van der Waals surface area contributed by atoms with Crippen LogP contribution < -0.4 is 5.32 Å². The van der Waals surface area contributed by atoms with E-state index in [0.717, 1.165) is 0 Å². The minimum absolute atomic E-state index is 0.266. The van der Waals surface area contributed by atoms with Gasteiger partial charge in [-0.2, -0.15) is 0 Å². The van der Waals surface area contributed by atoms with Crippen LogP contribution in [0, 0.1) is 0 Å². The number of aliphatic hydroxyl groups excluding tert-OH is 2. The standard InChI is InChI=1S/C19H18N4O5/c1-19(27)14(25)12(7-24)28-18(19)23-6-11-9-4-2-3-5-10(9)17(26)22-15-13(11)16(23)21-8-20-15/h2-6,8,12,14,18,24-25,27H,7H2,1H3,(H,20,21,22,26)/t12-,14-,18?,19+/m1/s1. The molecule has 4 N–H and O–H groups in total. The van der Waals surface area contributed by atoms with Crippen LogP contribution in [0.25, 0.3) is 22.2 Å². The van der Waals surface area contributed by atoms with E-state index >= 15 is 0 Å². The lowest BCUT2D eigenvalue weighted by molar-refractivity contribution is -0.0948. The van der Waals surface area contributed by atoms with Gasteiger partial charge in [-0.3, -0.25) is 4.79 Å². The highest BCUT2D eigenvalue weighted by Gasteiger charge is 2.53. The number of nitrogens with zero attached hydrogens (tertiary/aromatic N) is 3. The highest BCUT2D eigenvalue weighted by molar-refractivity contribution is 6.17. The average molecular weight is 382 g/mol. The van der Waals surface area contributed by atoms with Crippen molar-refractivity contribution in [2.45, 2.75) is 31.0 Å². The van der Waals surface area contributed by atoms with E-state index in [1.54, 1.807) is 22.9 Å². The van der Waals surface area contributed by atoms with Gasteiger partial charge >= 0.3 is 0 Å². The average Bonchev–Trinajstić information content (AvgIpc) is 3.13. The number of hydrogen-bond donors (Lipinski definition) is 4. The van der Waals surface area contributed by atoms with Gasteiger partial charge in [-0.25, -0.2) is 9.97 Å². The predicted molar refractivity (Wildman–Crippen MR) is 98.5 cm³/mol.